The van der Waals surface area contributed by atoms with Crippen molar-refractivity contribution in [1.29, 1.82) is 0 Å². The van der Waals surface area contributed by atoms with Gasteiger partial charge in [0.05, 0.1) is 0 Å². The van der Waals surface area contributed by atoms with Gasteiger partial charge in [-0.1, -0.05) is 121 Å². The van der Waals surface area contributed by atoms with Crippen LogP contribution in [-0.2, 0) is 0 Å². The summed E-state index contributed by atoms with van der Waals surface area (Å²) in [6.07, 6.45) is 0. The second kappa shape index (κ2) is 10.1. The molecule has 0 spiro atoms. The van der Waals surface area contributed by atoms with Crippen molar-refractivity contribution in [3.63, 3.8) is 0 Å². The quantitative estimate of drug-likeness (QED) is 0.190. The Labute approximate surface area is 269 Å². The molecule has 0 fully saturated rings. The van der Waals surface area contributed by atoms with E-state index in [9.17, 15) is 0 Å². The Kier molecular flexibility index (Phi) is 5.54. The van der Waals surface area contributed by atoms with Crippen molar-refractivity contribution in [3.8, 4) is 34.2 Å². The van der Waals surface area contributed by atoms with Gasteiger partial charge >= 0.3 is 0 Å². The second-order valence-corrected chi connectivity index (χ2v) is 12.0. The van der Waals surface area contributed by atoms with E-state index in [-0.39, 0.29) is 0 Å². The van der Waals surface area contributed by atoms with Crippen LogP contribution in [0.4, 0.5) is 0 Å². The molecule has 0 aliphatic rings. The van der Waals surface area contributed by atoms with Gasteiger partial charge in [0.2, 0.25) is 0 Å². The number of fused-ring (bicyclic) bond motifs is 9. The Hall–Kier alpha value is -6.39. The first kappa shape index (κ1) is 25.9. The first-order valence-electron chi connectivity index (χ1n) is 15.8. The number of para-hydroxylation sites is 1. The summed E-state index contributed by atoms with van der Waals surface area (Å²) in [5, 5.41) is 11.7. The lowest BCUT2D eigenvalue weighted by Gasteiger charge is -2.12. The fourth-order valence-corrected chi connectivity index (χ4v) is 7.01. The Morgan fingerprint density at radius 1 is 0.319 bits per heavy atom. The minimum atomic E-state index is 0.621. The molecule has 47 heavy (non-hydrogen) atoms. The number of aromatic nitrogens is 3. The van der Waals surface area contributed by atoms with Crippen molar-refractivity contribution < 1.29 is 4.42 Å². The zero-order chi connectivity index (χ0) is 30.9. The van der Waals surface area contributed by atoms with Crippen molar-refractivity contribution in [1.82, 2.24) is 15.0 Å². The van der Waals surface area contributed by atoms with Crippen LogP contribution in [-0.4, -0.2) is 15.0 Å². The number of benzene rings is 8. The number of hydrogen-bond acceptors (Lipinski definition) is 4. The Morgan fingerprint density at radius 2 is 0.872 bits per heavy atom. The van der Waals surface area contributed by atoms with Crippen LogP contribution >= 0.6 is 0 Å². The summed E-state index contributed by atoms with van der Waals surface area (Å²) in [4.78, 5) is 15.3. The van der Waals surface area contributed by atoms with E-state index in [0.29, 0.717) is 17.5 Å². The third-order valence-electron chi connectivity index (χ3n) is 9.30. The van der Waals surface area contributed by atoms with Gasteiger partial charge in [0.25, 0.3) is 0 Å². The summed E-state index contributed by atoms with van der Waals surface area (Å²) in [6.45, 7) is 0. The molecule has 10 aromatic rings. The van der Waals surface area contributed by atoms with Crippen molar-refractivity contribution >= 4 is 65.0 Å². The molecule has 0 atom stereocenters. The number of nitrogens with zero attached hydrogens (tertiary/aromatic N) is 3. The molecule has 0 saturated heterocycles. The highest BCUT2D eigenvalue weighted by Gasteiger charge is 2.16. The van der Waals surface area contributed by atoms with E-state index in [1.165, 1.54) is 26.9 Å². The van der Waals surface area contributed by atoms with Gasteiger partial charge in [0.15, 0.2) is 17.5 Å². The summed E-state index contributed by atoms with van der Waals surface area (Å²) in [6, 6.07) is 52.9. The largest absolute Gasteiger partial charge is 0.456 e. The van der Waals surface area contributed by atoms with Gasteiger partial charge in [-0.3, -0.25) is 0 Å². The molecule has 8 aromatic carbocycles. The maximum absolute atomic E-state index is 6.12. The van der Waals surface area contributed by atoms with Gasteiger partial charge in [-0.2, -0.15) is 0 Å². The van der Waals surface area contributed by atoms with Crippen molar-refractivity contribution in [2.24, 2.45) is 0 Å². The zero-order valence-corrected chi connectivity index (χ0v) is 25.2. The summed E-state index contributed by atoms with van der Waals surface area (Å²) in [5.41, 5.74) is 4.53. The highest BCUT2D eigenvalue weighted by atomic mass is 16.3. The molecule has 4 heteroatoms. The molecule has 10 rings (SSSR count). The molecular formula is C43H25N3O. The number of hydrogen-bond donors (Lipinski definition) is 0. The van der Waals surface area contributed by atoms with Crippen molar-refractivity contribution in [2.45, 2.75) is 0 Å². The summed E-state index contributed by atoms with van der Waals surface area (Å²) in [5.74, 6) is 1.90. The average Bonchev–Trinajstić information content (AvgIpc) is 3.52. The minimum Gasteiger partial charge on any atom is -0.456 e. The topological polar surface area (TPSA) is 51.8 Å². The molecule has 0 saturated carbocycles. The Bertz CT molecular complexity index is 2860. The van der Waals surface area contributed by atoms with Crippen LogP contribution in [0.1, 0.15) is 0 Å². The van der Waals surface area contributed by atoms with Crippen LogP contribution in [0.25, 0.3) is 99.2 Å². The maximum Gasteiger partial charge on any atom is 0.164 e. The molecule has 218 valence electrons. The van der Waals surface area contributed by atoms with E-state index in [0.717, 1.165) is 54.8 Å². The number of rotatable bonds is 3. The maximum atomic E-state index is 6.12. The van der Waals surface area contributed by atoms with E-state index in [2.05, 4.69) is 121 Å². The molecule has 0 unspecified atom stereocenters. The van der Waals surface area contributed by atoms with Crippen molar-refractivity contribution in [2.75, 3.05) is 0 Å². The molecule has 0 aliphatic heterocycles. The van der Waals surface area contributed by atoms with Gasteiger partial charge in [0.1, 0.15) is 11.2 Å². The van der Waals surface area contributed by atoms with E-state index in [1.807, 2.05) is 30.3 Å². The smallest absolute Gasteiger partial charge is 0.164 e. The highest BCUT2D eigenvalue weighted by Crippen LogP contribution is 2.36. The highest BCUT2D eigenvalue weighted by molar-refractivity contribution is 6.17. The molecule has 0 N–H and O–H groups in total. The lowest BCUT2D eigenvalue weighted by Crippen LogP contribution is -2.00. The predicted molar refractivity (Wildman–Crippen MR) is 193 cm³/mol. The lowest BCUT2D eigenvalue weighted by molar-refractivity contribution is 0.669. The van der Waals surface area contributed by atoms with Gasteiger partial charge in [-0.15, -0.1) is 0 Å². The summed E-state index contributed by atoms with van der Waals surface area (Å²) in [7, 11) is 0. The molecule has 0 radical (unpaired) electrons. The second-order valence-electron chi connectivity index (χ2n) is 12.0. The Balaban J connectivity index is 1.19. The van der Waals surface area contributed by atoms with E-state index in [1.54, 1.807) is 0 Å². The predicted octanol–water partition coefficient (Wildman–Crippen LogP) is 11.4. The SMILES string of the molecule is c1ccc2c(-c3nc(-c4ccc5c(ccc6c7ccccc7ccc56)c4)nc(-c4ccc5oc6ccccc6c5c4)n3)cccc2c1. The minimum absolute atomic E-state index is 0.621. The normalized spacial score (nSPS) is 11.8. The Morgan fingerprint density at radius 3 is 1.70 bits per heavy atom. The molecule has 0 amide bonds. The fourth-order valence-electron chi connectivity index (χ4n) is 7.01. The van der Waals surface area contributed by atoms with E-state index < -0.39 is 0 Å². The fraction of sp³-hybridized carbons (Fsp3) is 0. The van der Waals surface area contributed by atoms with Gasteiger partial charge in [-0.05, 0) is 73.4 Å². The third-order valence-corrected chi connectivity index (χ3v) is 9.30. The van der Waals surface area contributed by atoms with Crippen molar-refractivity contribution in [3.05, 3.63) is 152 Å². The van der Waals surface area contributed by atoms with E-state index in [4.69, 9.17) is 19.4 Å². The van der Waals surface area contributed by atoms with Crippen LogP contribution in [0, 0.1) is 0 Å². The molecular weight excluding hydrogens is 574 g/mol. The monoisotopic (exact) mass is 599 g/mol. The third kappa shape index (κ3) is 4.12. The first-order valence-corrected chi connectivity index (χ1v) is 15.8. The molecule has 0 bridgehead atoms. The van der Waals surface area contributed by atoms with Crippen LogP contribution in [0.2, 0.25) is 0 Å². The van der Waals surface area contributed by atoms with Crippen LogP contribution in [0.3, 0.4) is 0 Å². The standard InChI is InChI=1S/C43H25N3O/c1-4-12-32-26(8-1)10-7-14-37(32)43-45-41(44-42(46-43)30-19-23-40-38(25-30)36-13-5-6-15-39(36)47-40)29-18-20-33-28(24-29)17-22-34-31-11-3-2-9-27(31)16-21-35(33)34/h1-25H. The molecule has 2 aromatic heterocycles. The first-order chi connectivity index (χ1) is 23.3. The van der Waals surface area contributed by atoms with Gasteiger partial charge < -0.3 is 4.42 Å². The molecule has 0 aliphatic carbocycles. The summed E-state index contributed by atoms with van der Waals surface area (Å²) < 4.78 is 6.12. The number of furan rings is 1. The zero-order valence-electron chi connectivity index (χ0n) is 25.2. The molecule has 4 nitrogen and oxygen atoms in total. The van der Waals surface area contributed by atoms with Crippen LogP contribution < -0.4 is 0 Å². The summed E-state index contributed by atoms with van der Waals surface area (Å²) >= 11 is 0. The van der Waals surface area contributed by atoms with Crippen LogP contribution in [0.5, 0.6) is 0 Å². The molecule has 2 heterocycles. The average molecular weight is 600 g/mol. The lowest BCUT2D eigenvalue weighted by atomic mass is 9.96. The van der Waals surface area contributed by atoms with Gasteiger partial charge in [-0.25, -0.2) is 15.0 Å². The van der Waals surface area contributed by atoms with Gasteiger partial charge in [0, 0.05) is 27.5 Å². The van der Waals surface area contributed by atoms with Crippen LogP contribution in [0.15, 0.2) is 156 Å². The van der Waals surface area contributed by atoms with E-state index >= 15 is 0 Å².